The standard InChI is InChI=1S/C17H17F3N2O3/c1-10(23)11-6-7-14(13-5-3-2-4-12(11)13)16(25)21-8-15(24)22-9-17(18,19)20/h2-7,10,23H,8-9H2,1H3,(H,21,25)(H,22,24). The van der Waals surface area contributed by atoms with Crippen molar-refractivity contribution in [2.24, 2.45) is 0 Å². The summed E-state index contributed by atoms with van der Waals surface area (Å²) in [5.74, 6) is -1.52. The molecule has 0 aliphatic heterocycles. The first-order valence-corrected chi connectivity index (χ1v) is 7.50. The van der Waals surface area contributed by atoms with Crippen molar-refractivity contribution in [2.45, 2.75) is 19.2 Å². The largest absolute Gasteiger partial charge is 0.405 e. The van der Waals surface area contributed by atoms with E-state index in [1.54, 1.807) is 42.6 Å². The van der Waals surface area contributed by atoms with E-state index in [-0.39, 0.29) is 5.56 Å². The van der Waals surface area contributed by atoms with Crippen LogP contribution in [-0.4, -0.2) is 36.2 Å². The molecular formula is C17H17F3N2O3. The molecule has 5 nitrogen and oxygen atoms in total. The monoisotopic (exact) mass is 354 g/mol. The summed E-state index contributed by atoms with van der Waals surface area (Å²) in [7, 11) is 0. The van der Waals surface area contributed by atoms with Crippen molar-refractivity contribution in [3.63, 3.8) is 0 Å². The SMILES string of the molecule is CC(O)c1ccc(C(=O)NCC(=O)NCC(F)(F)F)c2ccccc12. The molecule has 0 heterocycles. The predicted octanol–water partition coefficient (Wildman–Crippen LogP) is 2.30. The van der Waals surface area contributed by atoms with Gasteiger partial charge in [0.15, 0.2) is 0 Å². The number of benzene rings is 2. The van der Waals surface area contributed by atoms with Crippen molar-refractivity contribution in [3.8, 4) is 0 Å². The molecule has 2 aromatic rings. The molecule has 1 atom stereocenters. The van der Waals surface area contributed by atoms with Crippen LogP contribution in [0.1, 0.15) is 28.9 Å². The molecule has 2 rings (SSSR count). The summed E-state index contributed by atoms with van der Waals surface area (Å²) < 4.78 is 36.1. The Balaban J connectivity index is 2.13. The zero-order chi connectivity index (χ0) is 18.6. The Morgan fingerprint density at radius 1 is 1.08 bits per heavy atom. The van der Waals surface area contributed by atoms with Gasteiger partial charge in [-0.2, -0.15) is 13.2 Å². The lowest BCUT2D eigenvalue weighted by Crippen LogP contribution is -2.40. The van der Waals surface area contributed by atoms with Gasteiger partial charge in [0.05, 0.1) is 12.6 Å². The first-order chi connectivity index (χ1) is 11.7. The van der Waals surface area contributed by atoms with Gasteiger partial charge in [0.2, 0.25) is 5.91 Å². The summed E-state index contributed by atoms with van der Waals surface area (Å²) in [5, 5.41) is 15.0. The number of aliphatic hydroxyl groups excluding tert-OH is 1. The average Bonchev–Trinajstić information content (AvgIpc) is 2.56. The van der Waals surface area contributed by atoms with E-state index in [0.717, 1.165) is 0 Å². The fourth-order valence-corrected chi connectivity index (χ4v) is 2.40. The summed E-state index contributed by atoms with van der Waals surface area (Å²) in [5.41, 5.74) is 0.915. The number of nitrogens with one attached hydrogen (secondary N) is 2. The van der Waals surface area contributed by atoms with Crippen LogP contribution in [0, 0.1) is 0 Å². The summed E-state index contributed by atoms with van der Waals surface area (Å²) in [6.07, 6.45) is -5.23. The Hall–Kier alpha value is -2.61. The van der Waals surface area contributed by atoms with Gasteiger partial charge in [0, 0.05) is 5.56 Å². The van der Waals surface area contributed by atoms with Crippen LogP contribution in [0.15, 0.2) is 36.4 Å². The minimum Gasteiger partial charge on any atom is -0.389 e. The lowest BCUT2D eigenvalue weighted by Gasteiger charge is -2.13. The summed E-state index contributed by atoms with van der Waals surface area (Å²) >= 11 is 0. The van der Waals surface area contributed by atoms with Gasteiger partial charge in [0.25, 0.3) is 5.91 Å². The van der Waals surface area contributed by atoms with E-state index in [2.05, 4.69) is 5.32 Å². The smallest absolute Gasteiger partial charge is 0.389 e. The van der Waals surface area contributed by atoms with E-state index in [4.69, 9.17) is 0 Å². The molecule has 134 valence electrons. The number of fused-ring (bicyclic) bond motifs is 1. The van der Waals surface area contributed by atoms with Crippen LogP contribution < -0.4 is 10.6 Å². The summed E-state index contributed by atoms with van der Waals surface area (Å²) in [6, 6.07) is 10.0. The van der Waals surface area contributed by atoms with Gasteiger partial charge < -0.3 is 15.7 Å². The quantitative estimate of drug-likeness (QED) is 0.771. The van der Waals surface area contributed by atoms with Crippen LogP contribution >= 0.6 is 0 Å². The van der Waals surface area contributed by atoms with Gasteiger partial charge in [-0.3, -0.25) is 9.59 Å². The van der Waals surface area contributed by atoms with Crippen LogP contribution in [0.2, 0.25) is 0 Å². The number of carbonyl (C=O) groups excluding carboxylic acids is 2. The third kappa shape index (κ3) is 4.93. The predicted molar refractivity (Wildman–Crippen MR) is 86.0 cm³/mol. The van der Waals surface area contributed by atoms with Crippen LogP contribution in [-0.2, 0) is 4.79 Å². The van der Waals surface area contributed by atoms with E-state index in [9.17, 15) is 27.9 Å². The molecule has 0 spiro atoms. The minimum absolute atomic E-state index is 0.267. The second-order valence-electron chi connectivity index (χ2n) is 5.50. The maximum absolute atomic E-state index is 12.3. The van der Waals surface area contributed by atoms with Crippen molar-refractivity contribution >= 4 is 22.6 Å². The molecule has 0 fully saturated rings. The Bertz CT molecular complexity index is 788. The van der Waals surface area contributed by atoms with E-state index in [1.807, 2.05) is 0 Å². The Morgan fingerprint density at radius 2 is 1.72 bits per heavy atom. The van der Waals surface area contributed by atoms with Crippen molar-refractivity contribution in [3.05, 3.63) is 47.5 Å². The van der Waals surface area contributed by atoms with Gasteiger partial charge >= 0.3 is 6.18 Å². The highest BCUT2D eigenvalue weighted by molar-refractivity contribution is 6.08. The maximum atomic E-state index is 12.3. The number of hydrogen-bond acceptors (Lipinski definition) is 3. The topological polar surface area (TPSA) is 78.4 Å². The van der Waals surface area contributed by atoms with Gasteiger partial charge in [0.1, 0.15) is 6.54 Å². The van der Waals surface area contributed by atoms with E-state index < -0.39 is 37.2 Å². The number of rotatable bonds is 5. The highest BCUT2D eigenvalue weighted by Gasteiger charge is 2.27. The maximum Gasteiger partial charge on any atom is 0.405 e. The minimum atomic E-state index is -4.51. The molecule has 25 heavy (non-hydrogen) atoms. The zero-order valence-electron chi connectivity index (χ0n) is 13.4. The van der Waals surface area contributed by atoms with Gasteiger partial charge in [-0.25, -0.2) is 0 Å². The fraction of sp³-hybridized carbons (Fsp3) is 0.294. The first kappa shape index (κ1) is 18.7. The molecule has 1 unspecified atom stereocenters. The zero-order valence-corrected chi connectivity index (χ0v) is 13.4. The Kier molecular flexibility index (Phi) is 5.63. The van der Waals surface area contributed by atoms with Crippen molar-refractivity contribution in [2.75, 3.05) is 13.1 Å². The highest BCUT2D eigenvalue weighted by Crippen LogP contribution is 2.27. The van der Waals surface area contributed by atoms with E-state index >= 15 is 0 Å². The first-order valence-electron chi connectivity index (χ1n) is 7.50. The van der Waals surface area contributed by atoms with E-state index in [1.165, 1.54) is 6.07 Å². The molecule has 3 N–H and O–H groups in total. The van der Waals surface area contributed by atoms with Crippen LogP contribution in [0.5, 0.6) is 0 Å². The highest BCUT2D eigenvalue weighted by atomic mass is 19.4. The second kappa shape index (κ2) is 7.52. The number of amides is 2. The van der Waals surface area contributed by atoms with Gasteiger partial charge in [-0.1, -0.05) is 30.3 Å². The average molecular weight is 354 g/mol. The van der Waals surface area contributed by atoms with Crippen LogP contribution in [0.4, 0.5) is 13.2 Å². The summed E-state index contributed by atoms with van der Waals surface area (Å²) in [4.78, 5) is 23.6. The van der Waals surface area contributed by atoms with Gasteiger partial charge in [-0.15, -0.1) is 0 Å². The summed E-state index contributed by atoms with van der Waals surface area (Å²) in [6.45, 7) is -0.415. The third-order valence-corrected chi connectivity index (χ3v) is 3.55. The Morgan fingerprint density at radius 3 is 2.32 bits per heavy atom. The second-order valence-corrected chi connectivity index (χ2v) is 5.50. The third-order valence-electron chi connectivity index (χ3n) is 3.55. The molecule has 0 aliphatic carbocycles. The molecular weight excluding hydrogens is 337 g/mol. The Labute approximate surface area is 141 Å². The van der Waals surface area contributed by atoms with E-state index in [0.29, 0.717) is 16.3 Å². The molecule has 8 heteroatoms. The van der Waals surface area contributed by atoms with Crippen LogP contribution in [0.3, 0.4) is 0 Å². The number of carbonyl (C=O) groups is 2. The molecule has 0 radical (unpaired) electrons. The number of alkyl halides is 3. The molecule has 2 amide bonds. The lowest BCUT2D eigenvalue weighted by molar-refractivity contribution is -0.137. The molecule has 2 aromatic carbocycles. The van der Waals surface area contributed by atoms with Crippen molar-refractivity contribution < 1.29 is 27.9 Å². The molecule has 0 aromatic heterocycles. The fourth-order valence-electron chi connectivity index (χ4n) is 2.40. The molecule has 0 saturated carbocycles. The van der Waals surface area contributed by atoms with Crippen molar-refractivity contribution in [1.82, 2.24) is 10.6 Å². The molecule has 0 aliphatic rings. The van der Waals surface area contributed by atoms with Gasteiger partial charge in [-0.05, 0) is 29.3 Å². The number of hydrogen-bond donors (Lipinski definition) is 3. The van der Waals surface area contributed by atoms with Crippen molar-refractivity contribution in [1.29, 1.82) is 0 Å². The normalized spacial score (nSPS) is 12.7. The molecule has 0 saturated heterocycles. The molecule has 0 bridgehead atoms. The number of aliphatic hydroxyl groups is 1. The van der Waals surface area contributed by atoms with Crippen LogP contribution in [0.25, 0.3) is 10.8 Å². The lowest BCUT2D eigenvalue weighted by atomic mass is 9.96. The number of halogens is 3.